The van der Waals surface area contributed by atoms with Gasteiger partial charge < -0.3 is 15.3 Å². The Balaban J connectivity index is 3.21. The first-order chi connectivity index (χ1) is 6.85. The molecule has 0 fully saturated rings. The number of Topliss-reactive ketones (excluding diaryl/α,β-unsaturated/α-hetero) is 1. The summed E-state index contributed by atoms with van der Waals surface area (Å²) in [6.07, 6.45) is 0. The molecule has 0 amide bonds. The summed E-state index contributed by atoms with van der Waals surface area (Å²) in [6, 6.07) is 4.95. The first-order valence-corrected chi connectivity index (χ1v) is 4.15. The summed E-state index contributed by atoms with van der Waals surface area (Å²) in [4.78, 5) is 21.5. The molecule has 0 spiro atoms. The molecule has 0 aliphatic carbocycles. The van der Waals surface area contributed by atoms with Gasteiger partial charge in [-0.15, -0.1) is 0 Å². The predicted molar refractivity (Wildman–Crippen MR) is 50.2 cm³/mol. The van der Waals surface area contributed by atoms with Crippen LogP contribution in [0.2, 0.25) is 0 Å². The SMILES string of the molecule is CC(=O)C(O)(O)c1cccc(C(=O)O)c1. The molecule has 5 heteroatoms. The molecular formula is C10H10O5. The number of carbonyl (C=O) groups excluding carboxylic acids is 1. The summed E-state index contributed by atoms with van der Waals surface area (Å²) < 4.78 is 0. The van der Waals surface area contributed by atoms with Gasteiger partial charge in [-0.05, 0) is 12.1 Å². The molecule has 15 heavy (non-hydrogen) atoms. The molecule has 0 aliphatic rings. The highest BCUT2D eigenvalue weighted by Gasteiger charge is 2.32. The second-order valence-corrected chi connectivity index (χ2v) is 3.11. The summed E-state index contributed by atoms with van der Waals surface area (Å²) in [6.45, 7) is 1.01. The number of hydrogen-bond acceptors (Lipinski definition) is 4. The van der Waals surface area contributed by atoms with Gasteiger partial charge in [0.1, 0.15) is 0 Å². The molecule has 0 atom stereocenters. The minimum atomic E-state index is -2.63. The normalized spacial score (nSPS) is 11.1. The van der Waals surface area contributed by atoms with E-state index in [4.69, 9.17) is 5.11 Å². The lowest BCUT2D eigenvalue weighted by Gasteiger charge is -2.18. The lowest BCUT2D eigenvalue weighted by molar-refractivity contribution is -0.184. The first kappa shape index (κ1) is 11.4. The van der Waals surface area contributed by atoms with E-state index in [1.54, 1.807) is 0 Å². The molecule has 80 valence electrons. The zero-order chi connectivity index (χ0) is 11.6. The van der Waals surface area contributed by atoms with E-state index in [-0.39, 0.29) is 11.1 Å². The highest BCUT2D eigenvalue weighted by atomic mass is 16.5. The van der Waals surface area contributed by atoms with Crippen LogP contribution < -0.4 is 0 Å². The Bertz CT molecular complexity index is 408. The molecule has 0 saturated heterocycles. The Labute approximate surface area is 85.6 Å². The van der Waals surface area contributed by atoms with Crippen LogP contribution >= 0.6 is 0 Å². The number of hydrogen-bond donors (Lipinski definition) is 3. The van der Waals surface area contributed by atoms with E-state index in [1.165, 1.54) is 18.2 Å². The number of aliphatic hydroxyl groups is 2. The van der Waals surface area contributed by atoms with Crippen molar-refractivity contribution in [2.24, 2.45) is 0 Å². The number of ketones is 1. The smallest absolute Gasteiger partial charge is 0.335 e. The third-order valence-electron chi connectivity index (χ3n) is 2.00. The van der Waals surface area contributed by atoms with Crippen LogP contribution in [0.15, 0.2) is 24.3 Å². The molecule has 0 saturated carbocycles. The molecule has 0 radical (unpaired) electrons. The van der Waals surface area contributed by atoms with Crippen molar-refractivity contribution >= 4 is 11.8 Å². The molecule has 5 nitrogen and oxygen atoms in total. The van der Waals surface area contributed by atoms with Crippen molar-refractivity contribution in [3.8, 4) is 0 Å². The van der Waals surface area contributed by atoms with Gasteiger partial charge in [0.25, 0.3) is 5.79 Å². The standard InChI is InChI=1S/C10H10O5/c1-6(11)10(14,15)8-4-2-3-7(5-8)9(12)13/h2-5,14-15H,1H3,(H,12,13). The summed E-state index contributed by atoms with van der Waals surface area (Å²) in [5.74, 6) is -4.70. The zero-order valence-corrected chi connectivity index (χ0v) is 7.97. The average molecular weight is 210 g/mol. The van der Waals surface area contributed by atoms with Gasteiger partial charge >= 0.3 is 5.97 Å². The minimum absolute atomic E-state index is 0.110. The van der Waals surface area contributed by atoms with Gasteiger partial charge in [-0.25, -0.2) is 4.79 Å². The van der Waals surface area contributed by atoms with Gasteiger partial charge in [0.2, 0.25) is 0 Å². The van der Waals surface area contributed by atoms with Crippen molar-refractivity contribution in [2.45, 2.75) is 12.7 Å². The molecule has 0 bridgehead atoms. The third kappa shape index (κ3) is 2.20. The maximum atomic E-state index is 10.9. The van der Waals surface area contributed by atoms with Crippen LogP contribution in [0.5, 0.6) is 0 Å². The van der Waals surface area contributed by atoms with Crippen molar-refractivity contribution in [2.75, 3.05) is 0 Å². The Kier molecular flexibility index (Phi) is 2.88. The Morgan fingerprint density at radius 1 is 1.27 bits per heavy atom. The zero-order valence-electron chi connectivity index (χ0n) is 7.97. The van der Waals surface area contributed by atoms with E-state index in [9.17, 15) is 19.8 Å². The van der Waals surface area contributed by atoms with Crippen molar-refractivity contribution in [1.82, 2.24) is 0 Å². The number of carboxylic acid groups (broad SMARTS) is 1. The van der Waals surface area contributed by atoms with Gasteiger partial charge in [0, 0.05) is 12.5 Å². The summed E-state index contributed by atoms with van der Waals surface area (Å²) >= 11 is 0. The summed E-state index contributed by atoms with van der Waals surface area (Å²) in [7, 11) is 0. The van der Waals surface area contributed by atoms with Crippen molar-refractivity contribution in [1.29, 1.82) is 0 Å². The van der Waals surface area contributed by atoms with Gasteiger partial charge in [0.15, 0.2) is 5.78 Å². The van der Waals surface area contributed by atoms with E-state index < -0.39 is 17.5 Å². The molecule has 0 aromatic heterocycles. The van der Waals surface area contributed by atoms with E-state index in [0.29, 0.717) is 0 Å². The molecule has 1 aromatic rings. The Morgan fingerprint density at radius 3 is 2.33 bits per heavy atom. The molecule has 3 N–H and O–H groups in total. The molecule has 1 rings (SSSR count). The van der Waals surface area contributed by atoms with Gasteiger partial charge in [0.05, 0.1) is 5.56 Å². The van der Waals surface area contributed by atoms with Crippen LogP contribution in [0.1, 0.15) is 22.8 Å². The lowest BCUT2D eigenvalue weighted by Crippen LogP contribution is -2.33. The molecule has 0 heterocycles. The minimum Gasteiger partial charge on any atom is -0.478 e. The summed E-state index contributed by atoms with van der Waals surface area (Å²) in [5.41, 5.74) is -0.267. The fourth-order valence-corrected chi connectivity index (χ4v) is 1.07. The number of aromatic carboxylic acids is 1. The molecule has 1 aromatic carbocycles. The van der Waals surface area contributed by atoms with E-state index in [2.05, 4.69) is 0 Å². The van der Waals surface area contributed by atoms with Crippen molar-refractivity contribution in [3.05, 3.63) is 35.4 Å². The number of benzene rings is 1. The van der Waals surface area contributed by atoms with Crippen LogP contribution in [0, 0.1) is 0 Å². The third-order valence-corrected chi connectivity index (χ3v) is 2.00. The van der Waals surface area contributed by atoms with Crippen LogP contribution in [-0.2, 0) is 10.6 Å². The largest absolute Gasteiger partial charge is 0.478 e. The molecule has 0 aliphatic heterocycles. The van der Waals surface area contributed by atoms with Crippen molar-refractivity contribution < 1.29 is 24.9 Å². The van der Waals surface area contributed by atoms with Crippen LogP contribution in [0.3, 0.4) is 0 Å². The number of carbonyl (C=O) groups is 2. The van der Waals surface area contributed by atoms with Crippen LogP contribution in [0.4, 0.5) is 0 Å². The van der Waals surface area contributed by atoms with E-state index in [1.807, 2.05) is 0 Å². The Morgan fingerprint density at radius 2 is 1.87 bits per heavy atom. The van der Waals surface area contributed by atoms with Crippen molar-refractivity contribution in [3.63, 3.8) is 0 Å². The molecule has 0 unspecified atom stereocenters. The number of rotatable bonds is 3. The van der Waals surface area contributed by atoms with Crippen LogP contribution in [-0.4, -0.2) is 27.1 Å². The highest BCUT2D eigenvalue weighted by Crippen LogP contribution is 2.20. The topological polar surface area (TPSA) is 94.8 Å². The lowest BCUT2D eigenvalue weighted by atomic mass is 10.0. The highest BCUT2D eigenvalue weighted by molar-refractivity contribution is 5.89. The number of carboxylic acids is 1. The van der Waals surface area contributed by atoms with Crippen LogP contribution in [0.25, 0.3) is 0 Å². The monoisotopic (exact) mass is 210 g/mol. The summed E-state index contributed by atoms with van der Waals surface area (Å²) in [5, 5.41) is 27.4. The molecular weight excluding hydrogens is 200 g/mol. The maximum absolute atomic E-state index is 10.9. The fraction of sp³-hybridized carbons (Fsp3) is 0.200. The van der Waals surface area contributed by atoms with Gasteiger partial charge in [-0.3, -0.25) is 4.79 Å². The fourth-order valence-electron chi connectivity index (χ4n) is 1.07. The second kappa shape index (κ2) is 3.80. The first-order valence-electron chi connectivity index (χ1n) is 4.15. The predicted octanol–water partition coefficient (Wildman–Crippen LogP) is 0.111. The maximum Gasteiger partial charge on any atom is 0.335 e. The quantitative estimate of drug-likeness (QED) is 0.615. The Hall–Kier alpha value is -1.72. The van der Waals surface area contributed by atoms with Gasteiger partial charge in [-0.1, -0.05) is 12.1 Å². The van der Waals surface area contributed by atoms with E-state index >= 15 is 0 Å². The van der Waals surface area contributed by atoms with Gasteiger partial charge in [-0.2, -0.15) is 0 Å². The second-order valence-electron chi connectivity index (χ2n) is 3.11. The average Bonchev–Trinajstić information content (AvgIpc) is 2.17. The van der Waals surface area contributed by atoms with E-state index in [0.717, 1.165) is 13.0 Å².